The van der Waals surface area contributed by atoms with Crippen molar-refractivity contribution in [3.8, 4) is 23.7 Å². The Morgan fingerprint density at radius 3 is 1.27 bits per heavy atom. The fraction of sp³-hybridized carbons (Fsp3) is 0.286. The highest BCUT2D eigenvalue weighted by atomic mass is 15.3. The number of hydrogen-bond acceptors (Lipinski definition) is 0. The average Bonchev–Trinajstić information content (AvgIpc) is 2.66. The van der Waals surface area contributed by atoms with Gasteiger partial charge in [0.05, 0.1) is 42.3 Å². The topological polar surface area (TPSA) is 0 Å². The number of quaternary nitrogens is 2. The van der Waals surface area contributed by atoms with Gasteiger partial charge in [0.15, 0.2) is 0 Å². The molecule has 4 rings (SSSR count). The van der Waals surface area contributed by atoms with E-state index in [0.29, 0.717) is 0 Å². The third kappa shape index (κ3) is 4.12. The second-order valence-electron chi connectivity index (χ2n) is 10.1. The SMILES string of the molecule is C[N+](C)(C)CC#Cc1ccc2ccc3c(C#CC[N+](C)(C)C)ccc4ccc1c2c43. The lowest BCUT2D eigenvalue weighted by atomic mass is 9.90. The summed E-state index contributed by atoms with van der Waals surface area (Å²) in [6, 6.07) is 17.6. The van der Waals surface area contributed by atoms with Gasteiger partial charge in [0, 0.05) is 11.1 Å². The molecule has 0 radical (unpaired) electrons. The van der Waals surface area contributed by atoms with Crippen LogP contribution in [-0.4, -0.2) is 64.3 Å². The average molecular weight is 395 g/mol. The monoisotopic (exact) mass is 394 g/mol. The molecule has 30 heavy (non-hydrogen) atoms. The Bertz CT molecular complexity index is 1250. The molecule has 0 saturated heterocycles. The molecule has 2 heteroatoms. The van der Waals surface area contributed by atoms with Crippen molar-refractivity contribution in [1.82, 2.24) is 0 Å². The van der Waals surface area contributed by atoms with E-state index < -0.39 is 0 Å². The number of nitrogens with zero attached hydrogens (tertiary/aromatic N) is 2. The van der Waals surface area contributed by atoms with Gasteiger partial charge in [0.25, 0.3) is 0 Å². The minimum Gasteiger partial charge on any atom is -0.321 e. The molecule has 0 amide bonds. The summed E-state index contributed by atoms with van der Waals surface area (Å²) in [6.45, 7) is 1.65. The van der Waals surface area contributed by atoms with E-state index in [0.717, 1.165) is 33.2 Å². The highest BCUT2D eigenvalue weighted by Crippen LogP contribution is 2.37. The van der Waals surface area contributed by atoms with E-state index in [1.54, 1.807) is 0 Å². The van der Waals surface area contributed by atoms with E-state index in [-0.39, 0.29) is 0 Å². The summed E-state index contributed by atoms with van der Waals surface area (Å²) in [5.74, 6) is 13.6. The van der Waals surface area contributed by atoms with Crippen LogP contribution in [0, 0.1) is 23.7 Å². The molecular weight excluding hydrogens is 364 g/mol. The van der Waals surface area contributed by atoms with E-state index in [2.05, 4.69) is 114 Å². The highest BCUT2D eigenvalue weighted by Gasteiger charge is 2.12. The Morgan fingerprint density at radius 2 is 0.900 bits per heavy atom. The maximum absolute atomic E-state index is 3.43. The number of hydrogen-bond donors (Lipinski definition) is 0. The Labute approximate surface area is 180 Å². The van der Waals surface area contributed by atoms with E-state index in [9.17, 15) is 0 Å². The van der Waals surface area contributed by atoms with E-state index in [1.807, 2.05) is 0 Å². The van der Waals surface area contributed by atoms with Crippen molar-refractivity contribution in [3.63, 3.8) is 0 Å². The molecular formula is C28H30N2+2. The summed E-state index contributed by atoms with van der Waals surface area (Å²) in [5, 5.41) is 7.59. The minimum absolute atomic E-state index is 0.827. The van der Waals surface area contributed by atoms with Gasteiger partial charge < -0.3 is 8.97 Å². The molecule has 0 aliphatic carbocycles. The van der Waals surface area contributed by atoms with Crippen molar-refractivity contribution in [2.75, 3.05) is 55.4 Å². The second kappa shape index (κ2) is 7.33. The lowest BCUT2D eigenvalue weighted by Crippen LogP contribution is -2.34. The van der Waals surface area contributed by atoms with Crippen LogP contribution in [0.2, 0.25) is 0 Å². The van der Waals surface area contributed by atoms with Crippen LogP contribution in [-0.2, 0) is 0 Å². The molecule has 0 fully saturated rings. The summed E-state index contributed by atoms with van der Waals surface area (Å²) < 4.78 is 1.68. The zero-order valence-corrected chi connectivity index (χ0v) is 18.9. The second-order valence-corrected chi connectivity index (χ2v) is 10.1. The van der Waals surface area contributed by atoms with E-state index in [1.165, 1.54) is 32.3 Å². The molecule has 0 unspecified atom stereocenters. The summed E-state index contributed by atoms with van der Waals surface area (Å²) in [5.41, 5.74) is 2.21. The first-order chi connectivity index (χ1) is 14.1. The molecule has 0 spiro atoms. The predicted octanol–water partition coefficient (Wildman–Crippen LogP) is 4.70. The first-order valence-corrected chi connectivity index (χ1v) is 10.4. The summed E-state index contributed by atoms with van der Waals surface area (Å²) in [7, 11) is 13.0. The van der Waals surface area contributed by atoms with Crippen molar-refractivity contribution >= 4 is 32.3 Å². The van der Waals surface area contributed by atoms with Crippen molar-refractivity contribution in [2.24, 2.45) is 0 Å². The molecule has 0 heterocycles. The maximum atomic E-state index is 3.43. The van der Waals surface area contributed by atoms with Crippen molar-refractivity contribution in [2.45, 2.75) is 0 Å². The lowest BCUT2D eigenvalue weighted by molar-refractivity contribution is -0.862. The van der Waals surface area contributed by atoms with Gasteiger partial charge in [-0.1, -0.05) is 48.2 Å². The van der Waals surface area contributed by atoms with Crippen LogP contribution >= 0.6 is 0 Å². The van der Waals surface area contributed by atoms with Gasteiger partial charge in [-0.3, -0.25) is 0 Å². The largest absolute Gasteiger partial charge is 0.321 e. The Morgan fingerprint density at radius 1 is 0.533 bits per heavy atom. The molecule has 0 atom stereocenters. The van der Waals surface area contributed by atoms with Crippen LogP contribution in [0.3, 0.4) is 0 Å². The zero-order valence-electron chi connectivity index (χ0n) is 18.9. The van der Waals surface area contributed by atoms with Crippen molar-refractivity contribution in [3.05, 3.63) is 59.7 Å². The molecule has 4 aromatic carbocycles. The first-order valence-electron chi connectivity index (χ1n) is 10.4. The quantitative estimate of drug-likeness (QED) is 0.263. The summed E-state index contributed by atoms with van der Waals surface area (Å²) in [6.07, 6.45) is 0. The Hall–Kier alpha value is -3.04. The van der Waals surface area contributed by atoms with Gasteiger partial charge in [-0.15, -0.1) is 0 Å². The molecule has 0 N–H and O–H groups in total. The van der Waals surface area contributed by atoms with Gasteiger partial charge >= 0.3 is 0 Å². The molecule has 0 aliphatic rings. The fourth-order valence-corrected chi connectivity index (χ4v) is 3.76. The predicted molar refractivity (Wildman–Crippen MR) is 130 cm³/mol. The Balaban J connectivity index is 1.91. The van der Waals surface area contributed by atoms with Crippen LogP contribution in [0.4, 0.5) is 0 Å². The van der Waals surface area contributed by atoms with Gasteiger partial charge in [0.2, 0.25) is 0 Å². The van der Waals surface area contributed by atoms with E-state index in [4.69, 9.17) is 0 Å². The molecule has 4 aromatic rings. The number of benzene rings is 4. The maximum Gasteiger partial charge on any atom is 0.140 e. The summed E-state index contributed by atoms with van der Waals surface area (Å²) in [4.78, 5) is 0. The van der Waals surface area contributed by atoms with Gasteiger partial charge in [-0.2, -0.15) is 0 Å². The molecule has 0 aromatic heterocycles. The van der Waals surface area contributed by atoms with Crippen molar-refractivity contribution in [1.29, 1.82) is 0 Å². The molecule has 2 nitrogen and oxygen atoms in total. The third-order valence-corrected chi connectivity index (χ3v) is 5.22. The highest BCUT2D eigenvalue weighted by molar-refractivity contribution is 6.24. The van der Waals surface area contributed by atoms with Gasteiger partial charge in [-0.25, -0.2) is 0 Å². The molecule has 150 valence electrons. The van der Waals surface area contributed by atoms with Gasteiger partial charge in [-0.05, 0) is 56.3 Å². The van der Waals surface area contributed by atoms with Gasteiger partial charge in [0.1, 0.15) is 13.1 Å². The van der Waals surface area contributed by atoms with Crippen LogP contribution < -0.4 is 0 Å². The zero-order chi connectivity index (χ0) is 21.5. The summed E-state index contributed by atoms with van der Waals surface area (Å²) >= 11 is 0. The Kier molecular flexibility index (Phi) is 4.95. The molecule has 0 bridgehead atoms. The molecule has 0 saturated carbocycles. The van der Waals surface area contributed by atoms with Crippen LogP contribution in [0.15, 0.2) is 48.5 Å². The normalized spacial score (nSPS) is 12.1. The number of rotatable bonds is 2. The minimum atomic E-state index is 0.827. The fourth-order valence-electron chi connectivity index (χ4n) is 3.76. The standard InChI is InChI=1S/C28H30N2/c1-29(2,3)19-7-9-21-11-13-23-16-18-26-22(10-8-20-30(4,5)6)12-14-24-15-17-25(21)27(23)28(24)26/h11-18H,19-20H2,1-6H3/q+2. The lowest BCUT2D eigenvalue weighted by Gasteiger charge is -2.20. The molecule has 0 aliphatic heterocycles. The smallest absolute Gasteiger partial charge is 0.140 e. The van der Waals surface area contributed by atoms with Crippen LogP contribution in [0.25, 0.3) is 32.3 Å². The first kappa shape index (κ1) is 20.2. The van der Waals surface area contributed by atoms with Crippen molar-refractivity contribution < 1.29 is 8.97 Å². The van der Waals surface area contributed by atoms with Crippen LogP contribution in [0.5, 0.6) is 0 Å². The van der Waals surface area contributed by atoms with Crippen LogP contribution in [0.1, 0.15) is 11.1 Å². The third-order valence-electron chi connectivity index (χ3n) is 5.22. The van der Waals surface area contributed by atoms with E-state index >= 15 is 0 Å².